The topological polar surface area (TPSA) is 115 Å². The van der Waals surface area contributed by atoms with E-state index in [1.54, 1.807) is 4.90 Å². The molecule has 3 aliphatic rings. The minimum Gasteiger partial charge on any atom is -0.402 e. The molecule has 3 amide bonds. The highest BCUT2D eigenvalue weighted by molar-refractivity contribution is 6.48. The van der Waals surface area contributed by atoms with Gasteiger partial charge in [0.1, 0.15) is 12.1 Å². The first-order chi connectivity index (χ1) is 19.6. The Labute approximate surface area is 244 Å². The molecular formula is C30H46BN3O7. The largest absolute Gasteiger partial charge is 0.481 e. The van der Waals surface area contributed by atoms with Crippen LogP contribution in [0.15, 0.2) is 30.3 Å². The highest BCUT2D eigenvalue weighted by Gasteiger charge is 2.54. The average molecular weight is 572 g/mol. The standard InChI is InChI=1S/C30H46BN3O7/c1-29(2)30(3,4)41-31(40-29)25(15-10-13-22-11-6-5-7-12-22)33-27(36)23(21-26(35)34-16-19-38-20-17-34)32-28(37)24-14-8-9-18-39-24/h5-7,11-12,23-25H,8-10,13-21H2,1-4H3,(H,32,37)(H,33,36)/t23?,24-,25?/m1/s1. The van der Waals surface area contributed by atoms with Crippen LogP contribution in [0.4, 0.5) is 0 Å². The molecule has 226 valence electrons. The summed E-state index contributed by atoms with van der Waals surface area (Å²) in [4.78, 5) is 41.8. The van der Waals surface area contributed by atoms with Gasteiger partial charge in [0.15, 0.2) is 0 Å². The zero-order valence-corrected chi connectivity index (χ0v) is 25.0. The summed E-state index contributed by atoms with van der Waals surface area (Å²) in [6.07, 6.45) is 3.83. The summed E-state index contributed by atoms with van der Waals surface area (Å²) in [6, 6.07) is 9.12. The molecular weight excluding hydrogens is 525 g/mol. The molecule has 0 spiro atoms. The molecule has 3 heterocycles. The third-order valence-corrected chi connectivity index (χ3v) is 8.60. The third kappa shape index (κ3) is 8.53. The van der Waals surface area contributed by atoms with Crippen LogP contribution in [0.2, 0.25) is 0 Å². The van der Waals surface area contributed by atoms with Crippen molar-refractivity contribution >= 4 is 24.8 Å². The molecule has 0 aliphatic carbocycles. The van der Waals surface area contributed by atoms with Crippen LogP contribution < -0.4 is 10.6 Å². The number of hydrogen-bond acceptors (Lipinski definition) is 7. The molecule has 3 saturated heterocycles. The van der Waals surface area contributed by atoms with Crippen molar-refractivity contribution in [2.75, 3.05) is 32.9 Å². The number of benzene rings is 1. The number of ether oxygens (including phenoxy) is 2. The number of carbonyl (C=O) groups is 3. The van der Waals surface area contributed by atoms with Crippen LogP contribution in [0, 0.1) is 0 Å². The van der Waals surface area contributed by atoms with E-state index in [4.69, 9.17) is 18.8 Å². The zero-order chi connectivity index (χ0) is 29.5. The third-order valence-electron chi connectivity index (χ3n) is 8.60. The number of aryl methyl sites for hydroxylation is 1. The van der Waals surface area contributed by atoms with E-state index >= 15 is 0 Å². The fourth-order valence-electron chi connectivity index (χ4n) is 5.32. The van der Waals surface area contributed by atoms with E-state index in [-0.39, 0.29) is 18.2 Å². The number of rotatable bonds is 11. The SMILES string of the molecule is CC1(C)OB(C(CCCc2ccccc2)NC(=O)C(CC(=O)N2CCOCC2)NC(=O)[C@H]2CCCCO2)OC1(C)C. The van der Waals surface area contributed by atoms with Crippen LogP contribution in [0.3, 0.4) is 0 Å². The number of carbonyl (C=O) groups excluding carboxylic acids is 3. The van der Waals surface area contributed by atoms with E-state index in [9.17, 15) is 14.4 Å². The number of hydrogen-bond donors (Lipinski definition) is 2. The van der Waals surface area contributed by atoms with Gasteiger partial charge in [0.05, 0.1) is 36.8 Å². The number of nitrogens with zero attached hydrogens (tertiary/aromatic N) is 1. The Morgan fingerprint density at radius 3 is 2.29 bits per heavy atom. The molecule has 3 fully saturated rings. The van der Waals surface area contributed by atoms with Crippen LogP contribution >= 0.6 is 0 Å². The van der Waals surface area contributed by atoms with E-state index in [1.807, 2.05) is 45.9 Å². The van der Waals surface area contributed by atoms with E-state index in [2.05, 4.69) is 22.8 Å². The van der Waals surface area contributed by atoms with Crippen molar-refractivity contribution in [1.29, 1.82) is 0 Å². The van der Waals surface area contributed by atoms with Crippen molar-refractivity contribution in [3.63, 3.8) is 0 Å². The quantitative estimate of drug-likeness (QED) is 0.392. The van der Waals surface area contributed by atoms with Crippen LogP contribution in [0.1, 0.15) is 71.8 Å². The summed E-state index contributed by atoms with van der Waals surface area (Å²) >= 11 is 0. The smallest absolute Gasteiger partial charge is 0.402 e. The monoisotopic (exact) mass is 571 g/mol. The van der Waals surface area contributed by atoms with E-state index in [0.29, 0.717) is 45.8 Å². The predicted molar refractivity (Wildman–Crippen MR) is 155 cm³/mol. The Morgan fingerprint density at radius 1 is 0.976 bits per heavy atom. The Morgan fingerprint density at radius 2 is 1.66 bits per heavy atom. The lowest BCUT2D eigenvalue weighted by Crippen LogP contribution is -2.57. The Bertz CT molecular complexity index is 978. The second-order valence-corrected chi connectivity index (χ2v) is 12.2. The maximum Gasteiger partial charge on any atom is 0.481 e. The fraction of sp³-hybridized carbons (Fsp3) is 0.700. The summed E-state index contributed by atoms with van der Waals surface area (Å²) < 4.78 is 23.7. The molecule has 2 unspecified atom stereocenters. The Balaban J connectivity index is 1.48. The second-order valence-electron chi connectivity index (χ2n) is 12.2. The van der Waals surface area contributed by atoms with Crippen molar-refractivity contribution in [2.24, 2.45) is 0 Å². The minimum atomic E-state index is -1.05. The summed E-state index contributed by atoms with van der Waals surface area (Å²) in [7, 11) is -0.673. The van der Waals surface area contributed by atoms with Gasteiger partial charge in [-0.1, -0.05) is 30.3 Å². The lowest BCUT2D eigenvalue weighted by atomic mass is 9.75. The van der Waals surface area contributed by atoms with Gasteiger partial charge < -0.3 is 34.3 Å². The van der Waals surface area contributed by atoms with Crippen LogP contribution in [-0.2, 0) is 39.6 Å². The van der Waals surface area contributed by atoms with E-state index < -0.39 is 42.3 Å². The predicted octanol–water partition coefficient (Wildman–Crippen LogP) is 2.43. The highest BCUT2D eigenvalue weighted by Crippen LogP contribution is 2.38. The molecule has 0 bridgehead atoms. The summed E-state index contributed by atoms with van der Waals surface area (Å²) in [6.45, 7) is 10.2. The van der Waals surface area contributed by atoms with Crippen LogP contribution in [0.25, 0.3) is 0 Å². The van der Waals surface area contributed by atoms with Gasteiger partial charge in [0, 0.05) is 19.7 Å². The van der Waals surface area contributed by atoms with E-state index in [0.717, 1.165) is 25.7 Å². The molecule has 11 heteroatoms. The minimum absolute atomic E-state index is 0.148. The van der Waals surface area contributed by atoms with Gasteiger partial charge in [-0.05, 0) is 71.8 Å². The molecule has 1 aromatic rings. The molecule has 10 nitrogen and oxygen atoms in total. The normalized spacial score (nSPS) is 23.5. The van der Waals surface area contributed by atoms with Gasteiger partial charge in [-0.25, -0.2) is 0 Å². The average Bonchev–Trinajstić information content (AvgIpc) is 3.19. The molecule has 3 atom stereocenters. The second kappa shape index (κ2) is 14.1. The first kappa shape index (κ1) is 31.5. The lowest BCUT2D eigenvalue weighted by molar-refractivity contribution is -0.142. The van der Waals surface area contributed by atoms with Gasteiger partial charge >= 0.3 is 7.12 Å². The molecule has 0 aromatic heterocycles. The van der Waals surface area contributed by atoms with Crippen molar-refractivity contribution < 1.29 is 33.2 Å². The highest BCUT2D eigenvalue weighted by atomic mass is 16.7. The van der Waals surface area contributed by atoms with Crippen LogP contribution in [0.5, 0.6) is 0 Å². The van der Waals surface area contributed by atoms with Crippen LogP contribution in [-0.4, -0.2) is 91.9 Å². The maximum atomic E-state index is 13.8. The molecule has 0 radical (unpaired) electrons. The van der Waals surface area contributed by atoms with Gasteiger partial charge in [0.2, 0.25) is 17.7 Å². The number of amides is 3. The zero-order valence-electron chi connectivity index (χ0n) is 25.0. The first-order valence-electron chi connectivity index (χ1n) is 15.0. The lowest BCUT2D eigenvalue weighted by Gasteiger charge is -2.32. The molecule has 41 heavy (non-hydrogen) atoms. The fourth-order valence-corrected chi connectivity index (χ4v) is 5.32. The number of nitrogens with one attached hydrogen (secondary N) is 2. The van der Waals surface area contributed by atoms with E-state index in [1.165, 1.54) is 5.56 Å². The maximum absolute atomic E-state index is 13.8. The number of morpholine rings is 1. The molecule has 0 saturated carbocycles. The summed E-state index contributed by atoms with van der Waals surface area (Å²) in [5.74, 6) is -1.48. The molecule has 4 rings (SSSR count). The first-order valence-corrected chi connectivity index (χ1v) is 15.0. The molecule has 3 aliphatic heterocycles. The molecule has 1 aromatic carbocycles. The molecule has 2 N–H and O–H groups in total. The van der Waals surface area contributed by atoms with Crippen molar-refractivity contribution in [3.05, 3.63) is 35.9 Å². The summed E-state index contributed by atoms with van der Waals surface area (Å²) in [5.41, 5.74) is 0.0663. The van der Waals surface area contributed by atoms with Crippen molar-refractivity contribution in [1.82, 2.24) is 15.5 Å². The van der Waals surface area contributed by atoms with Gasteiger partial charge in [-0.15, -0.1) is 0 Å². The van der Waals surface area contributed by atoms with Crippen molar-refractivity contribution in [3.8, 4) is 0 Å². The Hall–Kier alpha value is -2.47. The summed E-state index contributed by atoms with van der Waals surface area (Å²) in [5, 5.41) is 5.93. The van der Waals surface area contributed by atoms with Crippen molar-refractivity contribution in [2.45, 2.75) is 102 Å². The van der Waals surface area contributed by atoms with Gasteiger partial charge in [-0.3, -0.25) is 14.4 Å². The van der Waals surface area contributed by atoms with Gasteiger partial charge in [0.25, 0.3) is 0 Å². The Kier molecular flexibility index (Phi) is 10.8. The van der Waals surface area contributed by atoms with Gasteiger partial charge in [-0.2, -0.15) is 0 Å².